The Kier molecular flexibility index (Phi) is 7.01. The first-order valence-corrected chi connectivity index (χ1v) is 8.43. The molecule has 9 heteroatoms. The predicted octanol–water partition coefficient (Wildman–Crippen LogP) is 2.14. The number of rotatable bonds is 3. The number of nitrogens with one attached hydrogen (secondary N) is 1. The van der Waals surface area contributed by atoms with Gasteiger partial charge in [0.2, 0.25) is 5.91 Å². The molecule has 3 N–H and O–H groups in total. The number of primary amides is 1. The maximum atomic E-state index is 11.2. The lowest BCUT2D eigenvalue weighted by Gasteiger charge is -2.20. The number of hydrogen-bond acceptors (Lipinski definition) is 5. The second-order valence-corrected chi connectivity index (χ2v) is 6.14. The largest absolute Gasteiger partial charge is 0.366 e. The van der Waals surface area contributed by atoms with Crippen LogP contribution in [0.4, 0.5) is 5.82 Å². The molecule has 7 nitrogen and oxygen atoms in total. The fourth-order valence-electron chi connectivity index (χ4n) is 3.11. The Morgan fingerprint density at radius 3 is 2.56 bits per heavy atom. The minimum atomic E-state index is -0.431. The molecule has 0 unspecified atom stereocenters. The van der Waals surface area contributed by atoms with E-state index in [2.05, 4.69) is 15.2 Å². The quantitative estimate of drug-likeness (QED) is 0.692. The molecule has 1 amide bonds. The van der Waals surface area contributed by atoms with Gasteiger partial charge in [-0.25, -0.2) is 9.50 Å². The molecule has 2 aromatic heterocycles. The van der Waals surface area contributed by atoms with Crippen LogP contribution in [0.2, 0.25) is 0 Å². The normalized spacial score (nSPS) is 14.1. The number of fused-ring (bicyclic) bond motifs is 1. The first-order chi connectivity index (χ1) is 12.2. The zero-order valence-corrected chi connectivity index (χ0v) is 16.3. The Morgan fingerprint density at radius 1 is 1.04 bits per heavy atom. The minimum Gasteiger partial charge on any atom is -0.366 e. The van der Waals surface area contributed by atoms with Crippen molar-refractivity contribution in [3.8, 4) is 11.3 Å². The molecular formula is C18H22Cl2N6O. The topological polar surface area (TPSA) is 88.5 Å². The summed E-state index contributed by atoms with van der Waals surface area (Å²) in [5, 5.41) is 8.20. The van der Waals surface area contributed by atoms with Crippen molar-refractivity contribution in [2.45, 2.75) is 6.42 Å². The summed E-state index contributed by atoms with van der Waals surface area (Å²) in [6.07, 6.45) is 2.90. The van der Waals surface area contributed by atoms with Crippen LogP contribution in [0, 0.1) is 0 Å². The third-order valence-corrected chi connectivity index (χ3v) is 4.48. The summed E-state index contributed by atoms with van der Waals surface area (Å²) in [6.45, 7) is 3.94. The van der Waals surface area contributed by atoms with Crippen molar-refractivity contribution >= 4 is 42.2 Å². The van der Waals surface area contributed by atoms with Crippen LogP contribution in [0.3, 0.4) is 0 Å². The molecule has 4 rings (SSSR count). The molecule has 1 fully saturated rings. The van der Waals surface area contributed by atoms with Gasteiger partial charge in [0.05, 0.1) is 11.9 Å². The van der Waals surface area contributed by atoms with Gasteiger partial charge in [0.25, 0.3) is 0 Å². The number of nitrogens with zero attached hydrogens (tertiary/aromatic N) is 4. The molecule has 1 aliphatic rings. The van der Waals surface area contributed by atoms with Crippen LogP contribution in [0.1, 0.15) is 16.8 Å². The fraction of sp³-hybridized carbons (Fsp3) is 0.278. The third-order valence-electron chi connectivity index (χ3n) is 4.48. The van der Waals surface area contributed by atoms with E-state index in [1.165, 1.54) is 0 Å². The van der Waals surface area contributed by atoms with Crippen molar-refractivity contribution in [2.75, 3.05) is 31.1 Å². The van der Waals surface area contributed by atoms with Crippen molar-refractivity contribution in [1.29, 1.82) is 0 Å². The van der Waals surface area contributed by atoms with E-state index in [0.717, 1.165) is 55.3 Å². The molecule has 27 heavy (non-hydrogen) atoms. The van der Waals surface area contributed by atoms with Crippen LogP contribution >= 0.6 is 24.8 Å². The molecule has 1 aromatic carbocycles. The minimum absolute atomic E-state index is 0. The zero-order chi connectivity index (χ0) is 17.2. The van der Waals surface area contributed by atoms with E-state index in [4.69, 9.17) is 10.8 Å². The number of carbonyl (C=O) groups is 1. The number of anilines is 1. The molecule has 3 heterocycles. The van der Waals surface area contributed by atoms with Crippen LogP contribution in [0.15, 0.2) is 42.6 Å². The lowest BCUT2D eigenvalue weighted by molar-refractivity contribution is 0.100. The Hall–Kier alpha value is -2.35. The number of amides is 1. The lowest BCUT2D eigenvalue weighted by atomic mass is 10.1. The Bertz CT molecular complexity index is 904. The van der Waals surface area contributed by atoms with Crippen molar-refractivity contribution in [1.82, 2.24) is 19.9 Å². The molecule has 1 aliphatic heterocycles. The Labute approximate surface area is 169 Å². The number of halogens is 2. The molecule has 0 bridgehead atoms. The van der Waals surface area contributed by atoms with Gasteiger partial charge in [-0.1, -0.05) is 12.1 Å². The van der Waals surface area contributed by atoms with Crippen molar-refractivity contribution < 1.29 is 4.79 Å². The summed E-state index contributed by atoms with van der Waals surface area (Å²) in [5.74, 6) is 0.518. The number of imidazole rings is 1. The summed E-state index contributed by atoms with van der Waals surface area (Å²) >= 11 is 0. The third kappa shape index (κ3) is 4.32. The smallest absolute Gasteiger partial charge is 0.248 e. The van der Waals surface area contributed by atoms with Crippen LogP contribution in [-0.2, 0) is 0 Å². The van der Waals surface area contributed by atoms with Crippen LogP contribution in [-0.4, -0.2) is 46.7 Å². The van der Waals surface area contributed by atoms with E-state index in [-0.39, 0.29) is 24.8 Å². The van der Waals surface area contributed by atoms with E-state index in [9.17, 15) is 4.79 Å². The van der Waals surface area contributed by atoms with Gasteiger partial charge in [-0.3, -0.25) is 4.79 Å². The van der Waals surface area contributed by atoms with Crippen LogP contribution < -0.4 is 16.0 Å². The molecule has 0 spiro atoms. The van der Waals surface area contributed by atoms with Gasteiger partial charge >= 0.3 is 0 Å². The first kappa shape index (κ1) is 21.0. The van der Waals surface area contributed by atoms with E-state index < -0.39 is 5.91 Å². The van der Waals surface area contributed by atoms with Gasteiger partial charge in [-0.2, -0.15) is 0 Å². The van der Waals surface area contributed by atoms with E-state index in [1.807, 2.05) is 28.8 Å². The maximum Gasteiger partial charge on any atom is 0.248 e. The van der Waals surface area contributed by atoms with Crippen molar-refractivity contribution in [2.24, 2.45) is 5.73 Å². The van der Waals surface area contributed by atoms with Gasteiger partial charge in [-0.05, 0) is 37.2 Å². The number of hydrogen-bond donors (Lipinski definition) is 2. The summed E-state index contributed by atoms with van der Waals surface area (Å²) in [7, 11) is 0. The summed E-state index contributed by atoms with van der Waals surface area (Å²) in [4.78, 5) is 18.0. The van der Waals surface area contributed by atoms with Gasteiger partial charge in [0, 0.05) is 30.8 Å². The summed E-state index contributed by atoms with van der Waals surface area (Å²) in [5.41, 5.74) is 8.43. The number of carbonyl (C=O) groups excluding carboxylic acids is 1. The molecule has 1 saturated heterocycles. The Balaban J connectivity index is 0.00000131. The second kappa shape index (κ2) is 9.03. The van der Waals surface area contributed by atoms with Gasteiger partial charge in [0.15, 0.2) is 5.65 Å². The maximum absolute atomic E-state index is 11.2. The molecule has 0 saturated carbocycles. The molecule has 0 radical (unpaired) electrons. The van der Waals surface area contributed by atoms with Crippen LogP contribution in [0.5, 0.6) is 0 Å². The fourth-order valence-corrected chi connectivity index (χ4v) is 3.11. The van der Waals surface area contributed by atoms with Gasteiger partial charge < -0.3 is 16.0 Å². The van der Waals surface area contributed by atoms with E-state index in [1.54, 1.807) is 18.3 Å². The molecule has 0 aliphatic carbocycles. The molecular weight excluding hydrogens is 387 g/mol. The Morgan fingerprint density at radius 2 is 1.81 bits per heavy atom. The second-order valence-electron chi connectivity index (χ2n) is 6.14. The monoisotopic (exact) mass is 408 g/mol. The number of benzene rings is 1. The van der Waals surface area contributed by atoms with E-state index in [0.29, 0.717) is 5.56 Å². The molecule has 144 valence electrons. The average molecular weight is 409 g/mol. The van der Waals surface area contributed by atoms with Gasteiger partial charge in [-0.15, -0.1) is 29.9 Å². The summed E-state index contributed by atoms with van der Waals surface area (Å²) in [6, 6.07) is 11.2. The average Bonchev–Trinajstić information content (AvgIpc) is 2.86. The summed E-state index contributed by atoms with van der Waals surface area (Å²) < 4.78 is 1.85. The highest BCUT2D eigenvalue weighted by Crippen LogP contribution is 2.22. The van der Waals surface area contributed by atoms with Crippen molar-refractivity contribution in [3.05, 3.63) is 48.2 Å². The van der Waals surface area contributed by atoms with Crippen molar-refractivity contribution in [3.63, 3.8) is 0 Å². The number of nitrogens with two attached hydrogens (primary N) is 1. The highest BCUT2D eigenvalue weighted by atomic mass is 35.5. The first-order valence-electron chi connectivity index (χ1n) is 8.43. The molecule has 3 aromatic rings. The van der Waals surface area contributed by atoms with E-state index >= 15 is 0 Å². The number of aromatic nitrogens is 3. The zero-order valence-electron chi connectivity index (χ0n) is 14.7. The highest BCUT2D eigenvalue weighted by molar-refractivity contribution is 5.93. The predicted molar refractivity (Wildman–Crippen MR) is 111 cm³/mol. The SMILES string of the molecule is Cl.Cl.NC(=O)c1ccc(-c2cnc3ccc(N4CCCNCC4)nn23)cc1. The standard InChI is InChI=1S/C18H20N6O.2ClH/c19-18(25)14-4-2-13(3-5-14)15-12-21-16-6-7-17(22-24(15)16)23-10-1-8-20-9-11-23;;/h2-7,12,20H,1,8-11H2,(H2,19,25);2*1H. The van der Waals surface area contributed by atoms with Crippen LogP contribution in [0.25, 0.3) is 16.9 Å². The van der Waals surface area contributed by atoms with Gasteiger partial charge in [0.1, 0.15) is 5.82 Å². The lowest BCUT2D eigenvalue weighted by Crippen LogP contribution is -2.29. The molecule has 0 atom stereocenters. The highest BCUT2D eigenvalue weighted by Gasteiger charge is 2.14.